The molecule has 0 bridgehead atoms. The number of carbonyl (C=O) groups excluding carboxylic acids is 2. The Morgan fingerprint density at radius 1 is 1.05 bits per heavy atom. The van der Waals surface area contributed by atoms with Crippen LogP contribution >= 0.6 is 0 Å². The van der Waals surface area contributed by atoms with E-state index in [0.29, 0.717) is 0 Å². The maximum Gasteiger partial charge on any atom is 0.341 e. The van der Waals surface area contributed by atoms with Gasteiger partial charge in [-0.15, -0.1) is 0 Å². The Kier molecular flexibility index (Phi) is 5.19. The fraction of sp³-hybridized carbons (Fsp3) is 0.125. The summed E-state index contributed by atoms with van der Waals surface area (Å²) in [6.07, 6.45) is 0. The highest BCUT2D eigenvalue weighted by Gasteiger charge is 2.15. The first-order chi connectivity index (χ1) is 10.6. The van der Waals surface area contributed by atoms with Crippen LogP contribution in [0.15, 0.2) is 48.5 Å². The largest absolute Gasteiger partial charge is 0.452 e. The highest BCUT2D eigenvalue weighted by Crippen LogP contribution is 2.10. The van der Waals surface area contributed by atoms with E-state index in [1.807, 2.05) is 30.3 Å². The predicted molar refractivity (Wildman–Crippen MR) is 74.9 cm³/mol. The summed E-state index contributed by atoms with van der Waals surface area (Å²) < 4.78 is 31.0. The molecule has 22 heavy (non-hydrogen) atoms. The molecule has 0 fully saturated rings. The standard InChI is InChI=1S/C16H13F2NO3/c17-12-6-7-14(18)13(8-12)16(21)22-10-15(20)19-9-11-4-2-1-3-5-11/h1-8H,9-10H2,(H,19,20). The molecule has 0 aromatic heterocycles. The molecule has 2 aromatic carbocycles. The van der Waals surface area contributed by atoms with Crippen LogP contribution in [0.5, 0.6) is 0 Å². The molecular weight excluding hydrogens is 292 g/mol. The van der Waals surface area contributed by atoms with E-state index in [4.69, 9.17) is 0 Å². The minimum atomic E-state index is -1.09. The first-order valence-corrected chi connectivity index (χ1v) is 6.49. The minimum Gasteiger partial charge on any atom is -0.452 e. The normalized spacial score (nSPS) is 10.1. The van der Waals surface area contributed by atoms with E-state index in [-0.39, 0.29) is 6.54 Å². The van der Waals surface area contributed by atoms with Gasteiger partial charge in [0.25, 0.3) is 5.91 Å². The van der Waals surface area contributed by atoms with Crippen molar-refractivity contribution in [2.24, 2.45) is 0 Å². The van der Waals surface area contributed by atoms with Crippen LogP contribution < -0.4 is 5.32 Å². The number of hydrogen-bond acceptors (Lipinski definition) is 3. The Hall–Kier alpha value is -2.76. The highest BCUT2D eigenvalue weighted by molar-refractivity contribution is 5.91. The van der Waals surface area contributed by atoms with Gasteiger partial charge in [-0.3, -0.25) is 4.79 Å². The summed E-state index contributed by atoms with van der Waals surface area (Å²) >= 11 is 0. The Bertz CT molecular complexity index is 674. The lowest BCUT2D eigenvalue weighted by Crippen LogP contribution is -2.28. The van der Waals surface area contributed by atoms with Crippen LogP contribution in [-0.2, 0) is 16.1 Å². The number of esters is 1. The van der Waals surface area contributed by atoms with Gasteiger partial charge in [-0.1, -0.05) is 30.3 Å². The fourth-order valence-electron chi connectivity index (χ4n) is 1.71. The molecule has 114 valence electrons. The van der Waals surface area contributed by atoms with Crippen molar-refractivity contribution < 1.29 is 23.1 Å². The molecule has 1 amide bonds. The van der Waals surface area contributed by atoms with Gasteiger partial charge >= 0.3 is 5.97 Å². The molecule has 2 rings (SSSR count). The van der Waals surface area contributed by atoms with Crippen molar-refractivity contribution >= 4 is 11.9 Å². The summed E-state index contributed by atoms with van der Waals surface area (Å²) in [5.41, 5.74) is 0.342. The third-order valence-electron chi connectivity index (χ3n) is 2.82. The van der Waals surface area contributed by atoms with Crippen LogP contribution in [0.2, 0.25) is 0 Å². The Labute approximate surface area is 125 Å². The second-order valence-electron chi connectivity index (χ2n) is 4.46. The number of halogens is 2. The average molecular weight is 305 g/mol. The van der Waals surface area contributed by atoms with Crippen molar-refractivity contribution in [3.05, 3.63) is 71.3 Å². The van der Waals surface area contributed by atoms with Crippen molar-refractivity contribution in [3.63, 3.8) is 0 Å². The van der Waals surface area contributed by atoms with E-state index in [1.165, 1.54) is 0 Å². The number of ether oxygens (including phenoxy) is 1. The van der Waals surface area contributed by atoms with Gasteiger partial charge in [0.1, 0.15) is 11.6 Å². The van der Waals surface area contributed by atoms with Gasteiger partial charge in [-0.05, 0) is 23.8 Å². The van der Waals surface area contributed by atoms with E-state index in [2.05, 4.69) is 10.1 Å². The van der Waals surface area contributed by atoms with Crippen LogP contribution in [0, 0.1) is 11.6 Å². The molecule has 0 saturated heterocycles. The molecule has 1 N–H and O–H groups in total. The van der Waals surface area contributed by atoms with Crippen molar-refractivity contribution in [1.82, 2.24) is 5.32 Å². The van der Waals surface area contributed by atoms with Crippen LogP contribution in [0.3, 0.4) is 0 Å². The molecule has 0 unspecified atom stereocenters. The number of hydrogen-bond donors (Lipinski definition) is 1. The third kappa shape index (κ3) is 4.37. The summed E-state index contributed by atoms with van der Waals surface area (Å²) in [6, 6.07) is 11.6. The number of carbonyl (C=O) groups is 2. The zero-order valence-electron chi connectivity index (χ0n) is 11.5. The van der Waals surface area contributed by atoms with Gasteiger partial charge in [-0.2, -0.15) is 0 Å². The summed E-state index contributed by atoms with van der Waals surface area (Å²) in [7, 11) is 0. The number of benzene rings is 2. The number of rotatable bonds is 5. The zero-order chi connectivity index (χ0) is 15.9. The minimum absolute atomic E-state index is 0.283. The maximum absolute atomic E-state index is 13.3. The summed E-state index contributed by atoms with van der Waals surface area (Å²) in [4.78, 5) is 23.1. The lowest BCUT2D eigenvalue weighted by Gasteiger charge is -2.07. The Morgan fingerprint density at radius 2 is 1.77 bits per heavy atom. The molecule has 0 aliphatic rings. The molecule has 0 radical (unpaired) electrons. The fourth-order valence-corrected chi connectivity index (χ4v) is 1.71. The Balaban J connectivity index is 1.83. The molecule has 4 nitrogen and oxygen atoms in total. The maximum atomic E-state index is 13.3. The van der Waals surface area contributed by atoms with E-state index >= 15 is 0 Å². The summed E-state index contributed by atoms with van der Waals surface area (Å²) in [5.74, 6) is -3.29. The molecule has 0 spiro atoms. The van der Waals surface area contributed by atoms with E-state index in [0.717, 1.165) is 23.8 Å². The van der Waals surface area contributed by atoms with Gasteiger partial charge in [0.05, 0.1) is 5.56 Å². The quantitative estimate of drug-likeness (QED) is 0.863. The third-order valence-corrected chi connectivity index (χ3v) is 2.82. The molecule has 6 heteroatoms. The highest BCUT2D eigenvalue weighted by atomic mass is 19.1. The van der Waals surface area contributed by atoms with Crippen molar-refractivity contribution in [1.29, 1.82) is 0 Å². The molecule has 0 atom stereocenters. The van der Waals surface area contributed by atoms with Gasteiger partial charge in [0.2, 0.25) is 0 Å². The van der Waals surface area contributed by atoms with Crippen molar-refractivity contribution in [3.8, 4) is 0 Å². The molecule has 2 aromatic rings. The number of amides is 1. The smallest absolute Gasteiger partial charge is 0.341 e. The van der Waals surface area contributed by atoms with Gasteiger partial charge in [-0.25, -0.2) is 13.6 Å². The first-order valence-electron chi connectivity index (χ1n) is 6.49. The number of nitrogens with one attached hydrogen (secondary N) is 1. The lowest BCUT2D eigenvalue weighted by molar-refractivity contribution is -0.124. The molecule has 0 aliphatic carbocycles. The van der Waals surface area contributed by atoms with Crippen LogP contribution in [0.25, 0.3) is 0 Å². The van der Waals surface area contributed by atoms with Gasteiger partial charge in [0.15, 0.2) is 6.61 Å². The Morgan fingerprint density at radius 3 is 2.50 bits per heavy atom. The second-order valence-corrected chi connectivity index (χ2v) is 4.46. The molecule has 0 saturated carbocycles. The summed E-state index contributed by atoms with van der Waals surface area (Å²) in [5, 5.41) is 2.55. The van der Waals surface area contributed by atoms with Crippen LogP contribution in [-0.4, -0.2) is 18.5 Å². The summed E-state index contributed by atoms with van der Waals surface area (Å²) in [6.45, 7) is -0.285. The molecular formula is C16H13F2NO3. The second kappa shape index (κ2) is 7.31. The molecule has 0 heterocycles. The van der Waals surface area contributed by atoms with Gasteiger partial charge in [0, 0.05) is 6.54 Å². The SMILES string of the molecule is O=C(COC(=O)c1cc(F)ccc1F)NCc1ccccc1. The van der Waals surface area contributed by atoms with Crippen LogP contribution in [0.1, 0.15) is 15.9 Å². The van der Waals surface area contributed by atoms with E-state index in [1.54, 1.807) is 0 Å². The predicted octanol–water partition coefficient (Wildman–Crippen LogP) is 2.44. The van der Waals surface area contributed by atoms with E-state index in [9.17, 15) is 18.4 Å². The van der Waals surface area contributed by atoms with Crippen LogP contribution in [0.4, 0.5) is 8.78 Å². The van der Waals surface area contributed by atoms with Crippen molar-refractivity contribution in [2.45, 2.75) is 6.54 Å². The van der Waals surface area contributed by atoms with E-state index < -0.39 is 35.7 Å². The van der Waals surface area contributed by atoms with Crippen molar-refractivity contribution in [2.75, 3.05) is 6.61 Å². The monoisotopic (exact) mass is 305 g/mol. The average Bonchev–Trinajstić information content (AvgIpc) is 2.54. The topological polar surface area (TPSA) is 55.4 Å². The first kappa shape index (κ1) is 15.6. The van der Waals surface area contributed by atoms with Gasteiger partial charge < -0.3 is 10.1 Å². The molecule has 0 aliphatic heterocycles. The lowest BCUT2D eigenvalue weighted by atomic mass is 10.2. The zero-order valence-corrected chi connectivity index (χ0v) is 11.5.